The van der Waals surface area contributed by atoms with Gasteiger partial charge in [0.25, 0.3) is 0 Å². The topological polar surface area (TPSA) is 38.3 Å². The molecule has 0 unspecified atom stereocenters. The third-order valence-corrected chi connectivity index (χ3v) is 3.55. The van der Waals surface area contributed by atoms with E-state index in [0.717, 1.165) is 0 Å². The summed E-state index contributed by atoms with van der Waals surface area (Å²) in [6.07, 6.45) is -7.94. The highest BCUT2D eigenvalue weighted by molar-refractivity contribution is 5.79. The first-order chi connectivity index (χ1) is 10.0. The van der Waals surface area contributed by atoms with Crippen LogP contribution in [-0.4, -0.2) is 37.5 Å². The molecule has 0 aromatic heterocycles. The molecule has 1 N–H and O–H groups in total. The second-order valence-corrected chi connectivity index (χ2v) is 5.58. The van der Waals surface area contributed by atoms with Gasteiger partial charge in [-0.2, -0.15) is 26.3 Å². The van der Waals surface area contributed by atoms with Gasteiger partial charge >= 0.3 is 12.4 Å². The van der Waals surface area contributed by atoms with E-state index >= 15 is 0 Å². The molecule has 1 rings (SSSR count). The third-order valence-electron chi connectivity index (χ3n) is 3.55. The fraction of sp³-hybridized carbons (Fsp3) is 0.923. The van der Waals surface area contributed by atoms with Crippen LogP contribution in [0.1, 0.15) is 32.6 Å². The van der Waals surface area contributed by atoms with Crippen LogP contribution in [0, 0.1) is 11.8 Å². The molecule has 3 atom stereocenters. The van der Waals surface area contributed by atoms with Crippen molar-refractivity contribution in [3.05, 3.63) is 0 Å². The minimum atomic E-state index is -4.48. The summed E-state index contributed by atoms with van der Waals surface area (Å²) in [5.41, 5.74) is 0. The Hall–Kier alpha value is -0.990. The summed E-state index contributed by atoms with van der Waals surface area (Å²) in [5.74, 6) is -3.64. The minimum Gasteiger partial charge on any atom is -0.370 e. The Morgan fingerprint density at radius 2 is 1.77 bits per heavy atom. The maximum absolute atomic E-state index is 12.9. The van der Waals surface area contributed by atoms with E-state index in [1.54, 1.807) is 0 Å². The molecule has 22 heavy (non-hydrogen) atoms. The van der Waals surface area contributed by atoms with Gasteiger partial charge in [0.1, 0.15) is 6.61 Å². The highest BCUT2D eigenvalue weighted by atomic mass is 19.4. The maximum atomic E-state index is 12.9. The number of hydrogen-bond acceptors (Lipinski definition) is 2. The number of halogens is 6. The van der Waals surface area contributed by atoms with Gasteiger partial charge in [-0.1, -0.05) is 12.8 Å². The normalized spacial score (nSPS) is 24.9. The molecule has 1 saturated carbocycles. The zero-order valence-electron chi connectivity index (χ0n) is 12.1. The number of alkyl halides is 6. The van der Waals surface area contributed by atoms with Crippen LogP contribution >= 0.6 is 0 Å². The predicted octanol–water partition coefficient (Wildman–Crippen LogP) is 3.44. The molecule has 1 aliphatic carbocycles. The molecular weight excluding hydrogens is 316 g/mol. The molecule has 0 heterocycles. The molecule has 0 spiro atoms. The number of amides is 1. The molecule has 0 aromatic carbocycles. The monoisotopic (exact) mass is 335 g/mol. The summed E-state index contributed by atoms with van der Waals surface area (Å²) in [5, 5.41) is 2.31. The summed E-state index contributed by atoms with van der Waals surface area (Å²) in [6, 6.07) is -0.786. The summed E-state index contributed by atoms with van der Waals surface area (Å²) in [7, 11) is 0. The van der Waals surface area contributed by atoms with Gasteiger partial charge in [0, 0.05) is 12.0 Å². The Bertz CT molecular complexity index is 369. The van der Waals surface area contributed by atoms with Gasteiger partial charge in [-0.25, -0.2) is 0 Å². The van der Waals surface area contributed by atoms with E-state index in [1.165, 1.54) is 6.92 Å². The zero-order chi connectivity index (χ0) is 17.0. The molecule has 1 aliphatic rings. The van der Waals surface area contributed by atoms with E-state index < -0.39 is 49.4 Å². The Kier molecular flexibility index (Phi) is 6.51. The second kappa shape index (κ2) is 7.52. The van der Waals surface area contributed by atoms with Gasteiger partial charge in [0.05, 0.1) is 12.5 Å². The average molecular weight is 335 g/mol. The zero-order valence-corrected chi connectivity index (χ0v) is 12.1. The number of ether oxygens (including phenoxy) is 1. The van der Waals surface area contributed by atoms with Gasteiger partial charge in [-0.05, 0) is 19.8 Å². The van der Waals surface area contributed by atoms with Crippen LogP contribution in [0.25, 0.3) is 0 Å². The lowest BCUT2D eigenvalue weighted by Gasteiger charge is -2.32. The van der Waals surface area contributed by atoms with Gasteiger partial charge in [0.2, 0.25) is 5.91 Å². The summed E-state index contributed by atoms with van der Waals surface area (Å²) in [6.45, 7) is -0.476. The molecule has 0 saturated heterocycles. The predicted molar refractivity (Wildman–Crippen MR) is 66.0 cm³/mol. The van der Waals surface area contributed by atoms with Gasteiger partial charge in [-0.15, -0.1) is 0 Å². The van der Waals surface area contributed by atoms with Crippen molar-refractivity contribution >= 4 is 5.91 Å². The van der Waals surface area contributed by atoms with Crippen molar-refractivity contribution in [1.29, 1.82) is 0 Å². The molecule has 0 aliphatic heterocycles. The number of carbonyl (C=O) groups is 1. The van der Waals surface area contributed by atoms with Crippen LogP contribution < -0.4 is 5.32 Å². The van der Waals surface area contributed by atoms with Crippen molar-refractivity contribution in [1.82, 2.24) is 5.32 Å². The summed E-state index contributed by atoms with van der Waals surface area (Å²) < 4.78 is 78.8. The summed E-state index contributed by atoms with van der Waals surface area (Å²) in [4.78, 5) is 11.9. The quantitative estimate of drug-likeness (QED) is 0.782. The van der Waals surface area contributed by atoms with Crippen molar-refractivity contribution in [3.63, 3.8) is 0 Å². The van der Waals surface area contributed by atoms with E-state index in [2.05, 4.69) is 10.1 Å². The molecule has 0 aromatic rings. The van der Waals surface area contributed by atoms with Crippen LogP contribution in [0.5, 0.6) is 0 Å². The van der Waals surface area contributed by atoms with Crippen molar-refractivity contribution < 1.29 is 35.9 Å². The van der Waals surface area contributed by atoms with Gasteiger partial charge in [-0.3, -0.25) is 4.79 Å². The van der Waals surface area contributed by atoms with Gasteiger partial charge < -0.3 is 10.1 Å². The fourth-order valence-corrected chi connectivity index (χ4v) is 2.58. The van der Waals surface area contributed by atoms with Crippen molar-refractivity contribution in [3.8, 4) is 0 Å². The van der Waals surface area contributed by atoms with E-state index in [-0.39, 0.29) is 12.8 Å². The first kappa shape index (κ1) is 19.1. The second-order valence-electron chi connectivity index (χ2n) is 5.58. The molecule has 0 radical (unpaired) electrons. The van der Waals surface area contributed by atoms with Crippen molar-refractivity contribution in [2.24, 2.45) is 11.8 Å². The van der Waals surface area contributed by atoms with Crippen LogP contribution in [0.4, 0.5) is 26.3 Å². The van der Waals surface area contributed by atoms with Crippen molar-refractivity contribution in [2.75, 3.05) is 13.2 Å². The van der Waals surface area contributed by atoms with Crippen LogP contribution in [0.3, 0.4) is 0 Å². The Morgan fingerprint density at radius 3 is 2.32 bits per heavy atom. The summed E-state index contributed by atoms with van der Waals surface area (Å²) >= 11 is 0. The lowest BCUT2D eigenvalue weighted by atomic mass is 9.78. The number of nitrogens with one attached hydrogen (secondary N) is 1. The fourth-order valence-electron chi connectivity index (χ4n) is 2.58. The Balaban J connectivity index is 2.48. The maximum Gasteiger partial charge on any atom is 0.411 e. The van der Waals surface area contributed by atoms with Crippen LogP contribution in [0.2, 0.25) is 0 Å². The Labute approximate surface area is 124 Å². The average Bonchev–Trinajstić information content (AvgIpc) is 2.36. The number of carbonyl (C=O) groups excluding carboxylic acids is 1. The molecule has 3 nitrogen and oxygen atoms in total. The SMILES string of the molecule is C[C@H](COCC(F)(F)F)NC(=O)[C@@H]1CCCC[C@H]1C(F)(F)F. The molecule has 9 heteroatoms. The number of rotatable bonds is 5. The van der Waals surface area contributed by atoms with E-state index in [1.807, 2.05) is 0 Å². The molecule has 0 bridgehead atoms. The molecule has 1 amide bonds. The van der Waals surface area contributed by atoms with E-state index in [4.69, 9.17) is 0 Å². The lowest BCUT2D eigenvalue weighted by Crippen LogP contribution is -2.46. The Morgan fingerprint density at radius 1 is 1.18 bits per heavy atom. The third kappa shape index (κ3) is 6.41. The first-order valence-electron chi connectivity index (χ1n) is 7.02. The molecule has 1 fully saturated rings. The lowest BCUT2D eigenvalue weighted by molar-refractivity contribution is -0.198. The van der Waals surface area contributed by atoms with Gasteiger partial charge in [0.15, 0.2) is 0 Å². The van der Waals surface area contributed by atoms with E-state index in [0.29, 0.717) is 12.8 Å². The minimum absolute atomic E-state index is 0.0967. The standard InChI is InChI=1S/C13H19F6NO2/c1-8(6-22-7-12(14,15)16)20-11(21)9-4-2-3-5-10(9)13(17,18)19/h8-10H,2-7H2,1H3,(H,20,21)/t8-,9-,10-/m1/s1. The van der Waals surface area contributed by atoms with Crippen LogP contribution in [0.15, 0.2) is 0 Å². The van der Waals surface area contributed by atoms with Crippen molar-refractivity contribution in [2.45, 2.75) is 51.0 Å². The largest absolute Gasteiger partial charge is 0.411 e. The highest BCUT2D eigenvalue weighted by Gasteiger charge is 2.48. The van der Waals surface area contributed by atoms with Crippen LogP contribution in [-0.2, 0) is 9.53 Å². The molecule has 130 valence electrons. The smallest absolute Gasteiger partial charge is 0.370 e. The highest BCUT2D eigenvalue weighted by Crippen LogP contribution is 2.41. The number of hydrogen-bond donors (Lipinski definition) is 1. The van der Waals surface area contributed by atoms with E-state index in [9.17, 15) is 31.1 Å². The first-order valence-corrected chi connectivity index (χ1v) is 7.02. The molecular formula is C13H19F6NO2.